The van der Waals surface area contributed by atoms with E-state index >= 15 is 0 Å². The van der Waals surface area contributed by atoms with Crippen LogP contribution in [0.15, 0.2) is 18.3 Å². The molecule has 0 amide bonds. The van der Waals surface area contributed by atoms with Crippen LogP contribution >= 0.6 is 0 Å². The van der Waals surface area contributed by atoms with E-state index in [1.165, 1.54) is 13.2 Å². The molecule has 0 spiro atoms. The van der Waals surface area contributed by atoms with Crippen molar-refractivity contribution in [2.24, 2.45) is 5.73 Å². The molecular formula is C10H11F3N2O2. The second-order valence-electron chi connectivity index (χ2n) is 3.37. The molecular weight excluding hydrogens is 237 g/mol. The second kappa shape index (κ2) is 5.13. The van der Waals surface area contributed by atoms with Gasteiger partial charge in [0.2, 0.25) is 0 Å². The summed E-state index contributed by atoms with van der Waals surface area (Å²) in [4.78, 5) is 14.6. The average molecular weight is 248 g/mol. The van der Waals surface area contributed by atoms with E-state index in [9.17, 15) is 18.0 Å². The van der Waals surface area contributed by atoms with E-state index in [-0.39, 0.29) is 6.42 Å². The third-order valence-corrected chi connectivity index (χ3v) is 2.09. The number of hydrogen-bond donors (Lipinski definition) is 1. The number of carbonyl (C=O) groups is 1. The third-order valence-electron chi connectivity index (χ3n) is 2.09. The molecule has 1 aromatic rings. The predicted molar refractivity (Wildman–Crippen MR) is 52.9 cm³/mol. The minimum absolute atomic E-state index is 0.0326. The van der Waals surface area contributed by atoms with Gasteiger partial charge in [-0.25, -0.2) is 0 Å². The molecule has 2 N–H and O–H groups in total. The first kappa shape index (κ1) is 13.4. The largest absolute Gasteiger partial charge is 0.468 e. The Morgan fingerprint density at radius 1 is 1.53 bits per heavy atom. The zero-order chi connectivity index (χ0) is 13.1. The molecule has 4 nitrogen and oxygen atoms in total. The van der Waals surface area contributed by atoms with Crippen LogP contribution in [0.1, 0.15) is 11.3 Å². The van der Waals surface area contributed by atoms with Crippen molar-refractivity contribution >= 4 is 5.97 Å². The number of halogens is 3. The SMILES string of the molecule is COC(=O)C(N)Cc1ccc(C(F)(F)F)cn1. The van der Waals surface area contributed by atoms with Gasteiger partial charge in [-0.15, -0.1) is 0 Å². The fourth-order valence-corrected chi connectivity index (χ4v) is 1.17. The van der Waals surface area contributed by atoms with Crippen LogP contribution in [-0.2, 0) is 22.1 Å². The van der Waals surface area contributed by atoms with Crippen molar-refractivity contribution in [3.05, 3.63) is 29.6 Å². The molecule has 0 aliphatic heterocycles. The van der Waals surface area contributed by atoms with Crippen molar-refractivity contribution in [1.29, 1.82) is 0 Å². The van der Waals surface area contributed by atoms with Gasteiger partial charge in [-0.1, -0.05) is 0 Å². The van der Waals surface area contributed by atoms with Crippen LogP contribution in [0.3, 0.4) is 0 Å². The standard InChI is InChI=1S/C10H11F3N2O2/c1-17-9(16)8(14)4-7-3-2-6(5-15-7)10(11,12)13/h2-3,5,8H,4,14H2,1H3. The van der Waals surface area contributed by atoms with Gasteiger partial charge < -0.3 is 10.5 Å². The summed E-state index contributed by atoms with van der Waals surface area (Å²) in [6, 6.07) is 1.15. The molecule has 0 saturated heterocycles. The van der Waals surface area contributed by atoms with Gasteiger partial charge in [0, 0.05) is 18.3 Å². The molecule has 0 bridgehead atoms. The van der Waals surface area contributed by atoms with Gasteiger partial charge in [-0.2, -0.15) is 13.2 Å². The van der Waals surface area contributed by atoms with E-state index < -0.39 is 23.8 Å². The van der Waals surface area contributed by atoms with Gasteiger partial charge in [0.25, 0.3) is 0 Å². The lowest BCUT2D eigenvalue weighted by Gasteiger charge is -2.10. The number of ether oxygens (including phenoxy) is 1. The number of rotatable bonds is 3. The molecule has 1 unspecified atom stereocenters. The van der Waals surface area contributed by atoms with Crippen molar-refractivity contribution in [2.45, 2.75) is 18.6 Å². The number of nitrogens with zero attached hydrogens (tertiary/aromatic N) is 1. The van der Waals surface area contributed by atoms with Gasteiger partial charge in [0.1, 0.15) is 6.04 Å². The van der Waals surface area contributed by atoms with Gasteiger partial charge in [0.15, 0.2) is 0 Å². The summed E-state index contributed by atoms with van der Waals surface area (Å²) < 4.78 is 41.1. The summed E-state index contributed by atoms with van der Waals surface area (Å²) >= 11 is 0. The highest BCUT2D eigenvalue weighted by molar-refractivity contribution is 5.75. The first-order valence-electron chi connectivity index (χ1n) is 4.70. The van der Waals surface area contributed by atoms with E-state index in [1.54, 1.807) is 0 Å². The van der Waals surface area contributed by atoms with Crippen molar-refractivity contribution in [1.82, 2.24) is 4.98 Å². The van der Waals surface area contributed by atoms with Gasteiger partial charge in [-0.05, 0) is 12.1 Å². The molecule has 0 fully saturated rings. The smallest absolute Gasteiger partial charge is 0.417 e. The van der Waals surface area contributed by atoms with E-state index in [1.807, 2.05) is 0 Å². The molecule has 7 heteroatoms. The maximum Gasteiger partial charge on any atom is 0.417 e. The Morgan fingerprint density at radius 3 is 2.59 bits per heavy atom. The Morgan fingerprint density at radius 2 is 2.18 bits per heavy atom. The molecule has 1 heterocycles. The summed E-state index contributed by atoms with van der Waals surface area (Å²) in [7, 11) is 1.18. The highest BCUT2D eigenvalue weighted by atomic mass is 19.4. The molecule has 0 radical (unpaired) electrons. The van der Waals surface area contributed by atoms with Crippen molar-refractivity contribution in [3.8, 4) is 0 Å². The zero-order valence-electron chi connectivity index (χ0n) is 8.99. The number of aromatic nitrogens is 1. The van der Waals surface area contributed by atoms with Crippen LogP contribution < -0.4 is 5.73 Å². The first-order valence-corrected chi connectivity index (χ1v) is 4.70. The Balaban J connectivity index is 2.72. The van der Waals surface area contributed by atoms with Gasteiger partial charge in [0.05, 0.1) is 12.7 Å². The second-order valence-corrected chi connectivity index (χ2v) is 3.37. The highest BCUT2D eigenvalue weighted by Crippen LogP contribution is 2.28. The van der Waals surface area contributed by atoms with Crippen LogP contribution in [0.5, 0.6) is 0 Å². The van der Waals surface area contributed by atoms with Crippen LogP contribution in [-0.4, -0.2) is 24.1 Å². The summed E-state index contributed by atoms with van der Waals surface area (Å²) in [5, 5.41) is 0. The van der Waals surface area contributed by atoms with Crippen molar-refractivity contribution in [2.75, 3.05) is 7.11 Å². The Hall–Kier alpha value is -1.63. The quantitative estimate of drug-likeness (QED) is 0.815. The lowest BCUT2D eigenvalue weighted by atomic mass is 10.1. The number of hydrogen-bond acceptors (Lipinski definition) is 4. The summed E-state index contributed by atoms with van der Waals surface area (Å²) in [6.45, 7) is 0. The summed E-state index contributed by atoms with van der Waals surface area (Å²) in [5.41, 5.74) is 4.91. The molecule has 0 saturated carbocycles. The topological polar surface area (TPSA) is 65.2 Å². The zero-order valence-corrected chi connectivity index (χ0v) is 8.99. The summed E-state index contributed by atoms with van der Waals surface area (Å²) in [6.07, 6.45) is -3.68. The number of esters is 1. The Kier molecular flexibility index (Phi) is 4.06. The van der Waals surface area contributed by atoms with E-state index in [4.69, 9.17) is 5.73 Å². The van der Waals surface area contributed by atoms with Crippen molar-refractivity contribution < 1.29 is 22.7 Å². The Labute approximate surface area is 95.6 Å². The maximum absolute atomic E-state index is 12.2. The fourth-order valence-electron chi connectivity index (χ4n) is 1.17. The van der Waals surface area contributed by atoms with Crippen LogP contribution in [0.4, 0.5) is 13.2 Å². The lowest BCUT2D eigenvalue weighted by Crippen LogP contribution is -2.33. The highest BCUT2D eigenvalue weighted by Gasteiger charge is 2.30. The molecule has 1 aromatic heterocycles. The molecule has 0 aliphatic carbocycles. The van der Waals surface area contributed by atoms with Crippen LogP contribution in [0, 0.1) is 0 Å². The maximum atomic E-state index is 12.2. The average Bonchev–Trinajstić information content (AvgIpc) is 2.27. The Bertz CT molecular complexity index is 390. The monoisotopic (exact) mass is 248 g/mol. The molecule has 0 aliphatic rings. The molecule has 17 heavy (non-hydrogen) atoms. The first-order chi connectivity index (χ1) is 7.84. The lowest BCUT2D eigenvalue weighted by molar-refractivity contribution is -0.142. The molecule has 1 atom stereocenters. The predicted octanol–water partition coefficient (Wildman–Crippen LogP) is 1.14. The number of nitrogens with two attached hydrogens (primary N) is 1. The van der Waals surface area contributed by atoms with Gasteiger partial charge >= 0.3 is 12.1 Å². The number of pyridine rings is 1. The minimum Gasteiger partial charge on any atom is -0.468 e. The number of methoxy groups -OCH3 is 1. The van der Waals surface area contributed by atoms with Gasteiger partial charge in [-0.3, -0.25) is 9.78 Å². The molecule has 0 aromatic carbocycles. The van der Waals surface area contributed by atoms with E-state index in [0.717, 1.165) is 6.07 Å². The normalized spacial score (nSPS) is 13.2. The van der Waals surface area contributed by atoms with Crippen LogP contribution in [0.25, 0.3) is 0 Å². The molecule has 1 rings (SSSR count). The number of alkyl halides is 3. The molecule has 94 valence electrons. The van der Waals surface area contributed by atoms with E-state index in [0.29, 0.717) is 11.9 Å². The van der Waals surface area contributed by atoms with Crippen molar-refractivity contribution in [3.63, 3.8) is 0 Å². The third kappa shape index (κ3) is 3.70. The summed E-state index contributed by atoms with van der Waals surface area (Å²) in [5.74, 6) is -0.633. The van der Waals surface area contributed by atoms with E-state index in [2.05, 4.69) is 9.72 Å². The number of carbonyl (C=O) groups excluding carboxylic acids is 1. The minimum atomic E-state index is -4.42. The van der Waals surface area contributed by atoms with Crippen LogP contribution in [0.2, 0.25) is 0 Å². The fraction of sp³-hybridized carbons (Fsp3) is 0.400.